The highest BCUT2D eigenvalue weighted by Gasteiger charge is 2.10. The number of nitrogens with zero attached hydrogens (tertiary/aromatic N) is 1. The number of benzene rings is 1. The number of carbonyl (C=O) groups excluding carboxylic acids is 1. The van der Waals surface area contributed by atoms with E-state index in [0.717, 1.165) is 0 Å². The highest BCUT2D eigenvalue weighted by molar-refractivity contribution is 5.94. The van der Waals surface area contributed by atoms with Crippen LogP contribution in [0.5, 0.6) is 5.75 Å². The number of rotatable bonds is 2. The van der Waals surface area contributed by atoms with E-state index in [4.69, 9.17) is 11.2 Å². The Morgan fingerprint density at radius 3 is 2.53 bits per heavy atom. The van der Waals surface area contributed by atoms with Crippen molar-refractivity contribution in [1.29, 1.82) is 0 Å². The largest absolute Gasteiger partial charge is 0.497 e. The molecule has 0 aliphatic heterocycles. The molecule has 3 heteroatoms. The zero-order chi connectivity index (χ0) is 11.4. The van der Waals surface area contributed by atoms with Crippen molar-refractivity contribution in [1.82, 2.24) is 4.90 Å². The van der Waals surface area contributed by atoms with E-state index in [9.17, 15) is 4.79 Å². The fourth-order valence-electron chi connectivity index (χ4n) is 1.18. The van der Waals surface area contributed by atoms with Crippen molar-refractivity contribution >= 4 is 5.91 Å². The standard InChI is InChI=1S/C12H13NO2/c1-5-9-6-10(12(14)13(2)3)8-11(7-9)15-4/h1,6-8H,2-4H3. The van der Waals surface area contributed by atoms with Crippen molar-refractivity contribution in [2.75, 3.05) is 21.2 Å². The summed E-state index contributed by atoms with van der Waals surface area (Å²) in [5.41, 5.74) is 1.17. The molecule has 0 spiro atoms. The third-order valence-corrected chi connectivity index (χ3v) is 1.96. The molecule has 0 radical (unpaired) electrons. The van der Waals surface area contributed by atoms with Crippen LogP contribution < -0.4 is 4.74 Å². The Morgan fingerprint density at radius 2 is 2.07 bits per heavy atom. The minimum atomic E-state index is -0.0922. The summed E-state index contributed by atoms with van der Waals surface area (Å²) >= 11 is 0. The van der Waals surface area contributed by atoms with Crippen molar-refractivity contribution < 1.29 is 9.53 Å². The van der Waals surface area contributed by atoms with Gasteiger partial charge in [0.15, 0.2) is 0 Å². The van der Waals surface area contributed by atoms with E-state index < -0.39 is 0 Å². The average Bonchev–Trinajstić information content (AvgIpc) is 2.27. The van der Waals surface area contributed by atoms with Gasteiger partial charge >= 0.3 is 0 Å². The summed E-state index contributed by atoms with van der Waals surface area (Å²) in [6.07, 6.45) is 5.29. The van der Waals surface area contributed by atoms with Gasteiger partial charge in [-0.15, -0.1) is 6.42 Å². The number of terminal acetylenes is 1. The molecule has 0 aliphatic carbocycles. The van der Waals surface area contributed by atoms with Crippen LogP contribution in [0.15, 0.2) is 18.2 Å². The lowest BCUT2D eigenvalue weighted by Gasteiger charge is -2.11. The van der Waals surface area contributed by atoms with Gasteiger partial charge in [-0.25, -0.2) is 0 Å². The van der Waals surface area contributed by atoms with Gasteiger partial charge in [0.1, 0.15) is 5.75 Å². The normalized spacial score (nSPS) is 9.20. The van der Waals surface area contributed by atoms with E-state index in [-0.39, 0.29) is 5.91 Å². The molecule has 3 nitrogen and oxygen atoms in total. The zero-order valence-electron chi connectivity index (χ0n) is 9.07. The van der Waals surface area contributed by atoms with E-state index in [1.807, 2.05) is 0 Å². The van der Waals surface area contributed by atoms with Gasteiger partial charge in [0.05, 0.1) is 7.11 Å². The number of ether oxygens (including phenoxy) is 1. The Morgan fingerprint density at radius 1 is 1.40 bits per heavy atom. The maximum absolute atomic E-state index is 11.7. The number of methoxy groups -OCH3 is 1. The number of carbonyl (C=O) groups is 1. The van der Waals surface area contributed by atoms with Gasteiger partial charge < -0.3 is 9.64 Å². The molecule has 1 aromatic rings. The summed E-state index contributed by atoms with van der Waals surface area (Å²) < 4.78 is 5.06. The number of amides is 1. The predicted molar refractivity (Wildman–Crippen MR) is 58.9 cm³/mol. The summed E-state index contributed by atoms with van der Waals surface area (Å²) in [6.45, 7) is 0. The second-order valence-electron chi connectivity index (χ2n) is 3.29. The minimum absolute atomic E-state index is 0.0922. The smallest absolute Gasteiger partial charge is 0.253 e. The molecule has 78 valence electrons. The quantitative estimate of drug-likeness (QED) is 0.679. The second-order valence-corrected chi connectivity index (χ2v) is 3.29. The van der Waals surface area contributed by atoms with Crippen molar-refractivity contribution in [3.05, 3.63) is 29.3 Å². The molecule has 0 N–H and O–H groups in total. The SMILES string of the molecule is C#Cc1cc(OC)cc(C(=O)N(C)C)c1. The van der Waals surface area contributed by atoms with Crippen LogP contribution in [-0.4, -0.2) is 32.0 Å². The lowest BCUT2D eigenvalue weighted by Crippen LogP contribution is -2.21. The number of hydrogen-bond donors (Lipinski definition) is 0. The highest BCUT2D eigenvalue weighted by atomic mass is 16.5. The summed E-state index contributed by atoms with van der Waals surface area (Å²) in [6, 6.07) is 5.06. The van der Waals surface area contributed by atoms with Gasteiger partial charge in [-0.2, -0.15) is 0 Å². The molecular formula is C12H13NO2. The molecule has 1 amide bonds. The molecule has 0 heterocycles. The predicted octanol–water partition coefficient (Wildman–Crippen LogP) is 1.38. The molecule has 0 aliphatic rings. The molecule has 0 saturated heterocycles. The zero-order valence-corrected chi connectivity index (χ0v) is 9.07. The summed E-state index contributed by atoms with van der Waals surface area (Å²) in [4.78, 5) is 13.2. The van der Waals surface area contributed by atoms with E-state index in [1.54, 1.807) is 39.4 Å². The Labute approximate surface area is 89.7 Å². The van der Waals surface area contributed by atoms with Crippen LogP contribution in [0.1, 0.15) is 15.9 Å². The Hall–Kier alpha value is -1.95. The summed E-state index contributed by atoms with van der Waals surface area (Å²) in [5, 5.41) is 0. The molecule has 0 bridgehead atoms. The summed E-state index contributed by atoms with van der Waals surface area (Å²) in [7, 11) is 4.92. The number of hydrogen-bond acceptors (Lipinski definition) is 2. The molecule has 1 rings (SSSR count). The van der Waals surface area contributed by atoms with Crippen LogP contribution in [0.3, 0.4) is 0 Å². The maximum atomic E-state index is 11.7. The van der Waals surface area contributed by atoms with Crippen LogP contribution in [0.4, 0.5) is 0 Å². The molecule has 15 heavy (non-hydrogen) atoms. The monoisotopic (exact) mass is 203 g/mol. The molecule has 0 saturated carbocycles. The average molecular weight is 203 g/mol. The van der Waals surface area contributed by atoms with Crippen LogP contribution in [0.2, 0.25) is 0 Å². The first-order valence-electron chi connectivity index (χ1n) is 4.46. The Balaban J connectivity index is 3.19. The second kappa shape index (κ2) is 4.52. The van der Waals surface area contributed by atoms with Crippen LogP contribution in [-0.2, 0) is 0 Å². The van der Waals surface area contributed by atoms with Crippen LogP contribution >= 0.6 is 0 Å². The van der Waals surface area contributed by atoms with Crippen molar-refractivity contribution in [2.45, 2.75) is 0 Å². The van der Waals surface area contributed by atoms with Crippen molar-refractivity contribution in [3.63, 3.8) is 0 Å². The lowest BCUT2D eigenvalue weighted by molar-refractivity contribution is 0.0827. The Bertz CT molecular complexity index is 416. The fraction of sp³-hybridized carbons (Fsp3) is 0.250. The fourth-order valence-corrected chi connectivity index (χ4v) is 1.18. The maximum Gasteiger partial charge on any atom is 0.253 e. The Kier molecular flexibility index (Phi) is 3.35. The van der Waals surface area contributed by atoms with Gasteiger partial charge in [0.2, 0.25) is 0 Å². The van der Waals surface area contributed by atoms with Gasteiger partial charge in [-0.05, 0) is 18.2 Å². The first-order chi connectivity index (χ1) is 7.08. The summed E-state index contributed by atoms with van der Waals surface area (Å²) in [5.74, 6) is 2.99. The van der Waals surface area contributed by atoms with Crippen LogP contribution in [0.25, 0.3) is 0 Å². The molecule has 0 fully saturated rings. The third kappa shape index (κ3) is 2.50. The van der Waals surface area contributed by atoms with E-state index in [2.05, 4.69) is 5.92 Å². The van der Waals surface area contributed by atoms with Gasteiger partial charge in [0, 0.05) is 25.2 Å². The van der Waals surface area contributed by atoms with Crippen molar-refractivity contribution in [2.24, 2.45) is 0 Å². The molecular weight excluding hydrogens is 190 g/mol. The highest BCUT2D eigenvalue weighted by Crippen LogP contribution is 2.17. The lowest BCUT2D eigenvalue weighted by atomic mass is 10.1. The van der Waals surface area contributed by atoms with Crippen molar-refractivity contribution in [3.8, 4) is 18.1 Å². The topological polar surface area (TPSA) is 29.5 Å². The van der Waals surface area contributed by atoms with Gasteiger partial charge in [-0.3, -0.25) is 4.79 Å². The van der Waals surface area contributed by atoms with Gasteiger partial charge in [-0.1, -0.05) is 5.92 Å². The van der Waals surface area contributed by atoms with Crippen LogP contribution in [0, 0.1) is 12.3 Å². The molecule has 0 unspecified atom stereocenters. The minimum Gasteiger partial charge on any atom is -0.497 e. The van der Waals surface area contributed by atoms with E-state index in [0.29, 0.717) is 16.9 Å². The molecule has 0 aromatic heterocycles. The third-order valence-electron chi connectivity index (χ3n) is 1.96. The van der Waals surface area contributed by atoms with Gasteiger partial charge in [0.25, 0.3) is 5.91 Å². The van der Waals surface area contributed by atoms with E-state index in [1.165, 1.54) is 4.90 Å². The molecule has 0 atom stereocenters. The first kappa shape index (κ1) is 11.1. The molecule has 1 aromatic carbocycles. The van der Waals surface area contributed by atoms with E-state index >= 15 is 0 Å². The first-order valence-corrected chi connectivity index (χ1v) is 4.46.